The number of rotatable bonds is 3. The van der Waals surface area contributed by atoms with Crippen LogP contribution in [0.25, 0.3) is 0 Å². The summed E-state index contributed by atoms with van der Waals surface area (Å²) in [6.45, 7) is 13.8. The first-order chi connectivity index (χ1) is 7.53. The van der Waals surface area contributed by atoms with Crippen LogP contribution in [-0.2, 0) is 0 Å². The van der Waals surface area contributed by atoms with Crippen molar-refractivity contribution < 1.29 is 4.39 Å². The number of benzene rings is 1. The first-order valence-corrected chi connectivity index (χ1v) is 13.5. The maximum atomic E-state index is 13.5. The monoisotopic (exact) mass is 333 g/mol. The van der Waals surface area contributed by atoms with Gasteiger partial charge in [-0.1, -0.05) is 39.3 Å². The molecular formula is C12H21BrFNSi2. The van der Waals surface area contributed by atoms with Gasteiger partial charge in [0.1, 0.15) is 22.3 Å². The van der Waals surface area contributed by atoms with Gasteiger partial charge in [-0.2, -0.15) is 0 Å². The zero-order valence-corrected chi connectivity index (χ0v) is 15.0. The van der Waals surface area contributed by atoms with Crippen molar-refractivity contribution in [2.45, 2.75) is 39.3 Å². The summed E-state index contributed by atoms with van der Waals surface area (Å²) < 4.78 is 17.0. The van der Waals surface area contributed by atoms with Crippen LogP contribution >= 0.6 is 15.9 Å². The molecule has 0 aromatic heterocycles. The molecule has 0 heterocycles. The van der Waals surface area contributed by atoms with E-state index in [1.165, 1.54) is 6.07 Å². The summed E-state index contributed by atoms with van der Waals surface area (Å²) in [6.07, 6.45) is 0. The highest BCUT2D eigenvalue weighted by Gasteiger charge is 2.35. The first-order valence-electron chi connectivity index (χ1n) is 5.79. The largest absolute Gasteiger partial charge is 0.424 e. The highest BCUT2D eigenvalue weighted by molar-refractivity contribution is 9.10. The van der Waals surface area contributed by atoms with Crippen LogP contribution in [0, 0.1) is 5.82 Å². The summed E-state index contributed by atoms with van der Waals surface area (Å²) in [5.74, 6) is -0.162. The van der Waals surface area contributed by atoms with E-state index in [4.69, 9.17) is 0 Å². The minimum Gasteiger partial charge on any atom is -0.424 e. The van der Waals surface area contributed by atoms with Crippen molar-refractivity contribution in [2.24, 2.45) is 0 Å². The molecule has 1 nitrogen and oxygen atoms in total. The lowest BCUT2D eigenvalue weighted by Gasteiger charge is -2.46. The van der Waals surface area contributed by atoms with Crippen LogP contribution in [0.3, 0.4) is 0 Å². The molecule has 0 aliphatic rings. The Morgan fingerprint density at radius 1 is 1.00 bits per heavy atom. The Labute approximate surface area is 114 Å². The molecule has 0 aliphatic carbocycles. The fourth-order valence-electron chi connectivity index (χ4n) is 2.39. The lowest BCUT2D eigenvalue weighted by atomic mass is 10.3. The number of halogens is 2. The molecule has 0 spiro atoms. The molecule has 0 saturated carbocycles. The van der Waals surface area contributed by atoms with Gasteiger partial charge in [0, 0.05) is 10.2 Å². The van der Waals surface area contributed by atoms with Crippen molar-refractivity contribution in [1.82, 2.24) is 0 Å². The lowest BCUT2D eigenvalue weighted by Crippen LogP contribution is -2.59. The van der Waals surface area contributed by atoms with Gasteiger partial charge in [-0.3, -0.25) is 0 Å². The number of anilines is 1. The third-order valence-electron chi connectivity index (χ3n) is 2.49. The Bertz CT molecular complexity index is 396. The third kappa shape index (κ3) is 3.66. The molecule has 0 aliphatic heterocycles. The van der Waals surface area contributed by atoms with Gasteiger partial charge in [-0.15, -0.1) is 0 Å². The second-order valence-corrected chi connectivity index (χ2v) is 17.2. The smallest absolute Gasteiger partial charge is 0.138 e. The lowest BCUT2D eigenvalue weighted by molar-refractivity contribution is 0.628. The summed E-state index contributed by atoms with van der Waals surface area (Å²) in [5, 5.41) is 0. The van der Waals surface area contributed by atoms with Gasteiger partial charge in [0.15, 0.2) is 0 Å². The van der Waals surface area contributed by atoms with E-state index in [2.05, 4.69) is 59.4 Å². The van der Waals surface area contributed by atoms with E-state index in [-0.39, 0.29) is 5.82 Å². The molecule has 5 heteroatoms. The standard InChI is InChI=1S/C12H21BrFNSi2/c1-16(2,3)15(17(4,5)6)12-9-10(14)7-8-11(12)13/h7-9H,1-6H3. The zero-order chi connectivity index (χ0) is 13.4. The van der Waals surface area contributed by atoms with Crippen LogP contribution in [-0.4, -0.2) is 16.5 Å². The fraction of sp³-hybridized carbons (Fsp3) is 0.500. The normalized spacial score (nSPS) is 12.7. The molecule has 17 heavy (non-hydrogen) atoms. The molecule has 0 radical (unpaired) electrons. The molecule has 1 aromatic rings. The Morgan fingerprint density at radius 3 is 1.88 bits per heavy atom. The summed E-state index contributed by atoms with van der Waals surface area (Å²) in [5.41, 5.74) is 1.02. The van der Waals surface area contributed by atoms with E-state index < -0.39 is 16.5 Å². The zero-order valence-electron chi connectivity index (χ0n) is 11.4. The van der Waals surface area contributed by atoms with Crippen molar-refractivity contribution in [1.29, 1.82) is 0 Å². The molecule has 96 valence electrons. The molecule has 0 unspecified atom stereocenters. The summed E-state index contributed by atoms with van der Waals surface area (Å²) in [6, 6.07) is 4.96. The van der Waals surface area contributed by atoms with Crippen LogP contribution in [0.5, 0.6) is 0 Å². The second-order valence-electron chi connectivity index (χ2n) is 6.27. The van der Waals surface area contributed by atoms with Crippen molar-refractivity contribution in [3.8, 4) is 0 Å². The molecule has 0 bridgehead atoms. The highest BCUT2D eigenvalue weighted by Crippen LogP contribution is 2.34. The van der Waals surface area contributed by atoms with Crippen LogP contribution in [0.2, 0.25) is 39.3 Å². The maximum absolute atomic E-state index is 13.5. The molecule has 0 N–H and O–H groups in total. The topological polar surface area (TPSA) is 3.24 Å². The van der Waals surface area contributed by atoms with E-state index >= 15 is 0 Å². The Hall–Kier alpha value is -0.136. The molecule has 0 atom stereocenters. The molecule has 0 fully saturated rings. The molecule has 0 saturated heterocycles. The van der Waals surface area contributed by atoms with E-state index in [1.807, 2.05) is 0 Å². The Balaban J connectivity index is 3.38. The van der Waals surface area contributed by atoms with Crippen LogP contribution in [0.15, 0.2) is 22.7 Å². The quantitative estimate of drug-likeness (QED) is 0.698. The second kappa shape index (κ2) is 4.86. The van der Waals surface area contributed by atoms with Gasteiger partial charge < -0.3 is 4.23 Å². The van der Waals surface area contributed by atoms with Crippen molar-refractivity contribution >= 4 is 38.1 Å². The predicted molar refractivity (Wildman–Crippen MR) is 83.3 cm³/mol. The van der Waals surface area contributed by atoms with Crippen LogP contribution in [0.4, 0.5) is 10.1 Å². The van der Waals surface area contributed by atoms with Crippen LogP contribution in [0.1, 0.15) is 0 Å². The van der Waals surface area contributed by atoms with Gasteiger partial charge in [0.05, 0.1) is 0 Å². The maximum Gasteiger partial charge on any atom is 0.138 e. The van der Waals surface area contributed by atoms with Gasteiger partial charge in [0.25, 0.3) is 0 Å². The average Bonchev–Trinajstić information content (AvgIpc) is 2.06. The van der Waals surface area contributed by atoms with E-state index in [0.717, 1.165) is 10.2 Å². The molecule has 1 aromatic carbocycles. The molecule has 1 rings (SSSR count). The third-order valence-corrected chi connectivity index (χ3v) is 10.4. The van der Waals surface area contributed by atoms with Gasteiger partial charge in [-0.25, -0.2) is 4.39 Å². The van der Waals surface area contributed by atoms with Crippen molar-refractivity contribution in [3.05, 3.63) is 28.5 Å². The Kier molecular flexibility index (Phi) is 4.26. The summed E-state index contributed by atoms with van der Waals surface area (Å²) >= 11 is 3.55. The SMILES string of the molecule is C[Si](C)(C)N(c1cc(F)ccc1Br)[Si](C)(C)C. The number of hydrogen-bond acceptors (Lipinski definition) is 1. The first kappa shape index (κ1) is 14.9. The highest BCUT2D eigenvalue weighted by atomic mass is 79.9. The Morgan fingerprint density at radius 2 is 1.47 bits per heavy atom. The van der Waals surface area contributed by atoms with E-state index in [0.29, 0.717) is 0 Å². The van der Waals surface area contributed by atoms with Crippen molar-refractivity contribution in [2.75, 3.05) is 4.23 Å². The summed E-state index contributed by atoms with van der Waals surface area (Å²) in [4.78, 5) is 0. The number of hydrogen-bond donors (Lipinski definition) is 0. The van der Waals surface area contributed by atoms with Gasteiger partial charge >= 0.3 is 0 Å². The van der Waals surface area contributed by atoms with Gasteiger partial charge in [0.2, 0.25) is 0 Å². The molecule has 0 amide bonds. The van der Waals surface area contributed by atoms with E-state index in [9.17, 15) is 4.39 Å². The van der Waals surface area contributed by atoms with E-state index in [1.54, 1.807) is 12.1 Å². The number of nitrogens with zero attached hydrogens (tertiary/aromatic N) is 1. The minimum absolute atomic E-state index is 0.162. The molecular weight excluding hydrogens is 313 g/mol. The van der Waals surface area contributed by atoms with Crippen LogP contribution < -0.4 is 4.23 Å². The minimum atomic E-state index is -1.52. The fourth-order valence-corrected chi connectivity index (χ4v) is 13.0. The van der Waals surface area contributed by atoms with Gasteiger partial charge in [-0.05, 0) is 34.1 Å². The predicted octanol–water partition coefficient (Wildman–Crippen LogP) is 5.06. The summed E-state index contributed by atoms with van der Waals surface area (Å²) in [7, 11) is -3.04. The average molecular weight is 334 g/mol. The van der Waals surface area contributed by atoms with Crippen molar-refractivity contribution in [3.63, 3.8) is 0 Å².